The Kier molecular flexibility index (Phi) is 6.48. The summed E-state index contributed by atoms with van der Waals surface area (Å²) >= 11 is 5.70. The summed E-state index contributed by atoms with van der Waals surface area (Å²) in [5.74, 6) is 1.38. The third-order valence-corrected chi connectivity index (χ3v) is 7.15. The maximum atomic E-state index is 13.1. The van der Waals surface area contributed by atoms with E-state index >= 15 is 0 Å². The second-order valence-electron chi connectivity index (χ2n) is 8.65. The Balaban J connectivity index is 1.69. The number of nitrogens with zero attached hydrogens (tertiary/aromatic N) is 1. The van der Waals surface area contributed by atoms with Gasteiger partial charge in [0.2, 0.25) is 18.4 Å². The molecule has 10 nitrogen and oxygen atoms in total. The van der Waals surface area contributed by atoms with Gasteiger partial charge in [0.25, 0.3) is 0 Å². The van der Waals surface area contributed by atoms with Crippen molar-refractivity contribution in [3.8, 4) is 28.7 Å². The van der Waals surface area contributed by atoms with Crippen LogP contribution in [0.1, 0.15) is 44.8 Å². The van der Waals surface area contributed by atoms with Crippen LogP contribution < -0.4 is 29.0 Å². The second kappa shape index (κ2) is 9.59. The van der Waals surface area contributed by atoms with Gasteiger partial charge in [0.05, 0.1) is 27.4 Å². The molecular formula is C25H27ClN2O8. The third-order valence-electron chi connectivity index (χ3n) is 6.91. The van der Waals surface area contributed by atoms with E-state index in [1.165, 1.54) is 14.2 Å². The Morgan fingerprint density at radius 1 is 1.14 bits per heavy atom. The van der Waals surface area contributed by atoms with Crippen molar-refractivity contribution in [2.45, 2.75) is 25.1 Å². The molecule has 2 aromatic carbocycles. The largest absolute Gasteiger partial charge is 0.493 e. The molecule has 0 radical (unpaired) electrons. The summed E-state index contributed by atoms with van der Waals surface area (Å²) in [6.45, 7) is 0.920. The molecule has 3 heterocycles. The van der Waals surface area contributed by atoms with Gasteiger partial charge in [-0.1, -0.05) is 6.07 Å². The lowest BCUT2D eigenvalue weighted by molar-refractivity contribution is -0.118. The van der Waals surface area contributed by atoms with E-state index < -0.39 is 18.1 Å². The number of cyclic esters (lactones) is 1. The van der Waals surface area contributed by atoms with Crippen molar-refractivity contribution in [1.82, 2.24) is 10.2 Å². The van der Waals surface area contributed by atoms with Crippen LogP contribution in [0.5, 0.6) is 28.7 Å². The molecule has 2 atom stereocenters. The monoisotopic (exact) mass is 518 g/mol. The van der Waals surface area contributed by atoms with Crippen molar-refractivity contribution < 1.29 is 38.0 Å². The molecule has 2 aromatic rings. The highest BCUT2D eigenvalue weighted by Gasteiger charge is 2.47. The Morgan fingerprint density at radius 2 is 1.89 bits per heavy atom. The Hall–Kier alpha value is -3.37. The molecule has 0 fully saturated rings. The van der Waals surface area contributed by atoms with Crippen molar-refractivity contribution >= 4 is 23.5 Å². The SMILES string of the molecule is COc1ccc2c(c1OC)C(=O)O[C@@H]2[C@H]1c2c(c(CNC(=O)CCl)c3c(c2OC)OCO3)CCN1C. The van der Waals surface area contributed by atoms with Crippen LogP contribution in [0.15, 0.2) is 12.1 Å². The van der Waals surface area contributed by atoms with Gasteiger partial charge < -0.3 is 33.7 Å². The van der Waals surface area contributed by atoms with Gasteiger partial charge in [-0.15, -0.1) is 11.6 Å². The molecule has 192 valence electrons. The predicted molar refractivity (Wildman–Crippen MR) is 128 cm³/mol. The molecule has 1 amide bonds. The fraction of sp³-hybridized carbons (Fsp3) is 0.440. The first kappa shape index (κ1) is 24.3. The van der Waals surface area contributed by atoms with E-state index in [0.29, 0.717) is 52.8 Å². The lowest BCUT2D eigenvalue weighted by Crippen LogP contribution is -2.37. The van der Waals surface area contributed by atoms with Crippen molar-refractivity contribution in [3.05, 3.63) is 39.9 Å². The summed E-state index contributed by atoms with van der Waals surface area (Å²) in [6, 6.07) is 3.19. The average molecular weight is 519 g/mol. The first-order chi connectivity index (χ1) is 17.4. The number of ether oxygens (including phenoxy) is 6. The van der Waals surface area contributed by atoms with Crippen LogP contribution in [-0.2, 0) is 22.5 Å². The third kappa shape index (κ3) is 3.67. The summed E-state index contributed by atoms with van der Waals surface area (Å²) < 4.78 is 34.4. The number of hydrogen-bond donors (Lipinski definition) is 1. The first-order valence-corrected chi connectivity index (χ1v) is 12.0. The smallest absolute Gasteiger partial charge is 0.343 e. The van der Waals surface area contributed by atoms with Gasteiger partial charge in [-0.2, -0.15) is 0 Å². The number of carbonyl (C=O) groups excluding carboxylic acids is 2. The summed E-state index contributed by atoms with van der Waals surface area (Å²) in [5.41, 5.74) is 3.62. The van der Waals surface area contributed by atoms with Crippen molar-refractivity contribution in [2.75, 3.05) is 47.6 Å². The van der Waals surface area contributed by atoms with E-state index in [4.69, 9.17) is 40.0 Å². The Bertz CT molecular complexity index is 1230. The molecule has 3 aliphatic heterocycles. The lowest BCUT2D eigenvalue weighted by atomic mass is 9.83. The van der Waals surface area contributed by atoms with Crippen molar-refractivity contribution in [3.63, 3.8) is 0 Å². The van der Waals surface area contributed by atoms with Gasteiger partial charge in [0, 0.05) is 29.8 Å². The molecule has 36 heavy (non-hydrogen) atoms. The minimum Gasteiger partial charge on any atom is -0.493 e. The molecule has 0 spiro atoms. The number of amides is 1. The number of esters is 1. The summed E-state index contributed by atoms with van der Waals surface area (Å²) in [4.78, 5) is 27.2. The molecule has 11 heteroatoms. The van der Waals surface area contributed by atoms with Crippen molar-refractivity contribution in [2.24, 2.45) is 0 Å². The number of rotatable bonds is 7. The Morgan fingerprint density at radius 3 is 2.58 bits per heavy atom. The number of hydrogen-bond acceptors (Lipinski definition) is 9. The number of alkyl halides is 1. The standard InChI is InChI=1S/C25H27ClN2O8/c1-28-8-7-12-14(10-27-16(29)9-26)21-24(35-11-34-21)23(33-4)17(12)19(28)20-13-5-6-15(31-2)22(32-3)18(13)25(30)36-20/h5-6,19-20H,7-11H2,1-4H3,(H,27,29)/t19-,20+/m1/s1. The van der Waals surface area contributed by atoms with E-state index in [1.54, 1.807) is 13.2 Å². The zero-order valence-corrected chi connectivity index (χ0v) is 21.2. The van der Waals surface area contributed by atoms with Crippen LogP contribution >= 0.6 is 11.6 Å². The minimum atomic E-state index is -0.643. The summed E-state index contributed by atoms with van der Waals surface area (Å²) in [7, 11) is 6.55. The number of likely N-dealkylation sites (N-methyl/N-ethyl adjacent to an activating group) is 1. The van der Waals surface area contributed by atoms with Gasteiger partial charge in [0.15, 0.2) is 23.0 Å². The molecule has 0 aliphatic carbocycles. The number of methoxy groups -OCH3 is 3. The second-order valence-corrected chi connectivity index (χ2v) is 8.91. The van der Waals surface area contributed by atoms with E-state index in [2.05, 4.69) is 10.2 Å². The van der Waals surface area contributed by atoms with Gasteiger partial charge in [-0.05, 0) is 25.1 Å². The highest BCUT2D eigenvalue weighted by atomic mass is 35.5. The summed E-state index contributed by atoms with van der Waals surface area (Å²) in [6.07, 6.45) is 0.0249. The number of halogens is 1. The molecule has 0 aromatic heterocycles. The minimum absolute atomic E-state index is 0.0315. The van der Waals surface area contributed by atoms with Gasteiger partial charge in [0.1, 0.15) is 17.5 Å². The predicted octanol–water partition coefficient (Wildman–Crippen LogP) is 2.74. The molecule has 0 bridgehead atoms. The number of fused-ring (bicyclic) bond motifs is 3. The molecule has 0 unspecified atom stereocenters. The number of benzene rings is 2. The van der Waals surface area contributed by atoms with Crippen LogP contribution in [0.25, 0.3) is 0 Å². The van der Waals surface area contributed by atoms with Crippen LogP contribution in [0.4, 0.5) is 0 Å². The van der Waals surface area contributed by atoms with Crippen LogP contribution in [0, 0.1) is 0 Å². The summed E-state index contributed by atoms with van der Waals surface area (Å²) in [5, 5.41) is 2.84. The van der Waals surface area contributed by atoms with Crippen LogP contribution in [0.2, 0.25) is 0 Å². The maximum Gasteiger partial charge on any atom is 0.343 e. The zero-order chi connectivity index (χ0) is 25.6. The number of carbonyl (C=O) groups is 2. The average Bonchev–Trinajstić information content (AvgIpc) is 3.50. The fourth-order valence-electron chi connectivity index (χ4n) is 5.34. The molecule has 0 saturated heterocycles. The Labute approximate surface area is 213 Å². The van der Waals surface area contributed by atoms with E-state index in [9.17, 15) is 9.59 Å². The quantitative estimate of drug-likeness (QED) is 0.437. The van der Waals surface area contributed by atoms with E-state index in [-0.39, 0.29) is 25.1 Å². The normalized spacial score (nSPS) is 19.9. The van der Waals surface area contributed by atoms with E-state index in [0.717, 1.165) is 16.7 Å². The topological polar surface area (TPSA) is 105 Å². The molecular weight excluding hydrogens is 492 g/mol. The molecule has 0 saturated carbocycles. The first-order valence-electron chi connectivity index (χ1n) is 11.4. The van der Waals surface area contributed by atoms with Crippen LogP contribution in [-0.4, -0.2) is 64.4 Å². The number of nitrogens with one attached hydrogen (secondary N) is 1. The van der Waals surface area contributed by atoms with Crippen molar-refractivity contribution in [1.29, 1.82) is 0 Å². The lowest BCUT2D eigenvalue weighted by Gasteiger charge is -2.39. The van der Waals surface area contributed by atoms with E-state index in [1.807, 2.05) is 13.1 Å². The maximum absolute atomic E-state index is 13.1. The van der Waals surface area contributed by atoms with Gasteiger partial charge >= 0.3 is 5.97 Å². The highest BCUT2D eigenvalue weighted by molar-refractivity contribution is 6.27. The highest BCUT2D eigenvalue weighted by Crippen LogP contribution is 2.56. The van der Waals surface area contributed by atoms with Gasteiger partial charge in [-0.3, -0.25) is 9.69 Å². The molecule has 5 rings (SSSR count). The fourth-order valence-corrected chi connectivity index (χ4v) is 5.44. The van der Waals surface area contributed by atoms with Gasteiger partial charge in [-0.25, -0.2) is 4.79 Å². The zero-order valence-electron chi connectivity index (χ0n) is 20.4. The van der Waals surface area contributed by atoms with Crippen LogP contribution in [0.3, 0.4) is 0 Å². The molecule has 3 aliphatic rings. The molecule has 1 N–H and O–H groups in total.